The number of rotatable bonds is 3. The summed E-state index contributed by atoms with van der Waals surface area (Å²) in [7, 11) is 0. The van der Waals surface area contributed by atoms with Crippen LogP contribution in [-0.2, 0) is 0 Å². The molecule has 0 bridgehead atoms. The average Bonchev–Trinajstić information content (AvgIpc) is 2.04. The monoisotopic (exact) mass is 149 g/mol. The van der Waals surface area contributed by atoms with Crippen molar-refractivity contribution in [1.82, 2.24) is 0 Å². The quantitative estimate of drug-likeness (QED) is 0.427. The summed E-state index contributed by atoms with van der Waals surface area (Å²) >= 11 is 0. The first-order chi connectivity index (χ1) is 5.33. The maximum atomic E-state index is 6.46. The third kappa shape index (κ3) is 27.2. The van der Waals surface area contributed by atoms with E-state index in [0.29, 0.717) is 0 Å². The molecule has 0 amide bonds. The molecule has 0 aromatic carbocycles. The molecule has 0 atom stereocenters. The molecule has 0 saturated heterocycles. The minimum atomic E-state index is 0.830. The normalized spacial score (nSPS) is 6.91. The molecule has 0 aromatic rings. The van der Waals surface area contributed by atoms with Crippen molar-refractivity contribution in [3.8, 4) is 18.3 Å². The summed E-state index contributed by atoms with van der Waals surface area (Å²) in [6, 6.07) is 0. The van der Waals surface area contributed by atoms with E-state index in [1.165, 1.54) is 6.42 Å². The highest BCUT2D eigenvalue weighted by atomic mass is 13.8. The van der Waals surface area contributed by atoms with Crippen molar-refractivity contribution in [2.45, 2.75) is 46.0 Å². The van der Waals surface area contributed by atoms with Gasteiger partial charge in [0.1, 0.15) is 0 Å². The van der Waals surface area contributed by atoms with Crippen molar-refractivity contribution in [2.75, 3.05) is 0 Å². The molecular weight excluding hydrogens is 132 g/mol. The minimum Gasteiger partial charge on any atom is -0.120 e. The van der Waals surface area contributed by atoms with E-state index < -0.39 is 0 Å². The summed E-state index contributed by atoms with van der Waals surface area (Å²) in [5.41, 5.74) is 0. The molecule has 1 radical (unpaired) electrons. The van der Waals surface area contributed by atoms with Crippen LogP contribution in [-0.4, -0.2) is 0 Å². The Labute approximate surface area is 71.4 Å². The number of hydrogen-bond donors (Lipinski definition) is 0. The smallest absolute Gasteiger partial charge is 0.00988 e. The van der Waals surface area contributed by atoms with E-state index in [0.717, 1.165) is 25.7 Å². The zero-order valence-electron chi connectivity index (χ0n) is 7.61. The van der Waals surface area contributed by atoms with Gasteiger partial charge in [0.2, 0.25) is 0 Å². The Morgan fingerprint density at radius 3 is 1.91 bits per heavy atom. The van der Waals surface area contributed by atoms with Gasteiger partial charge in [0.25, 0.3) is 0 Å². The van der Waals surface area contributed by atoms with Crippen LogP contribution in [0.3, 0.4) is 0 Å². The summed E-state index contributed by atoms with van der Waals surface area (Å²) in [5.74, 6) is 4.84. The maximum absolute atomic E-state index is 6.46. The van der Waals surface area contributed by atoms with E-state index >= 15 is 0 Å². The molecule has 0 aliphatic carbocycles. The third-order valence-electron chi connectivity index (χ3n) is 1.05. The van der Waals surface area contributed by atoms with Gasteiger partial charge in [0, 0.05) is 12.8 Å². The van der Waals surface area contributed by atoms with Gasteiger partial charge >= 0.3 is 0 Å². The SMILES string of the molecule is C#CCCC.[C]#CCCCC. The van der Waals surface area contributed by atoms with Crippen LogP contribution in [0.2, 0.25) is 0 Å². The first-order valence-electron chi connectivity index (χ1n) is 4.16. The van der Waals surface area contributed by atoms with Crippen LogP contribution in [0.15, 0.2) is 0 Å². The van der Waals surface area contributed by atoms with Crippen LogP contribution in [0.4, 0.5) is 0 Å². The standard InChI is InChI=1S/C6H9.C5H8/c1-3-5-6-4-2;1-3-5-4-2/h3,5-6H2,1H3;1H,4-5H2,2H3. The lowest BCUT2D eigenvalue weighted by molar-refractivity contribution is 0.828. The lowest BCUT2D eigenvalue weighted by atomic mass is 10.3. The Bertz CT molecular complexity index is 120. The Kier molecular flexibility index (Phi) is 18.6. The molecule has 0 N–H and O–H groups in total. The Morgan fingerprint density at radius 1 is 1.18 bits per heavy atom. The lowest BCUT2D eigenvalue weighted by Crippen LogP contribution is -1.62. The highest BCUT2D eigenvalue weighted by Gasteiger charge is 1.71. The van der Waals surface area contributed by atoms with Gasteiger partial charge in [-0.3, -0.25) is 0 Å². The molecule has 0 aliphatic rings. The van der Waals surface area contributed by atoms with Crippen LogP contribution in [0, 0.1) is 24.7 Å². The first-order valence-corrected chi connectivity index (χ1v) is 4.16. The van der Waals surface area contributed by atoms with Crippen LogP contribution < -0.4 is 0 Å². The largest absolute Gasteiger partial charge is 0.120 e. The van der Waals surface area contributed by atoms with Gasteiger partial charge in [0.05, 0.1) is 0 Å². The molecule has 0 nitrogen and oxygen atoms in total. The van der Waals surface area contributed by atoms with Gasteiger partial charge in [-0.2, -0.15) is 0 Å². The predicted octanol–water partition coefficient (Wildman–Crippen LogP) is 3.19. The van der Waals surface area contributed by atoms with Crippen molar-refractivity contribution in [2.24, 2.45) is 0 Å². The fourth-order valence-corrected chi connectivity index (χ4v) is 0.410. The van der Waals surface area contributed by atoms with Gasteiger partial charge in [-0.25, -0.2) is 0 Å². The van der Waals surface area contributed by atoms with Crippen molar-refractivity contribution >= 4 is 0 Å². The average molecular weight is 149 g/mol. The second kappa shape index (κ2) is 16.1. The summed E-state index contributed by atoms with van der Waals surface area (Å²) in [5, 5.41) is 0. The molecule has 0 aromatic heterocycles. The molecule has 0 spiro atoms. The summed E-state index contributed by atoms with van der Waals surface area (Å²) in [6.07, 6.45) is 16.5. The third-order valence-corrected chi connectivity index (χ3v) is 1.05. The van der Waals surface area contributed by atoms with E-state index in [1.807, 2.05) is 0 Å². The second-order valence-corrected chi connectivity index (χ2v) is 2.23. The zero-order valence-corrected chi connectivity index (χ0v) is 7.61. The van der Waals surface area contributed by atoms with Crippen LogP contribution >= 0.6 is 0 Å². The van der Waals surface area contributed by atoms with Crippen molar-refractivity contribution in [3.63, 3.8) is 0 Å². The number of hydrogen-bond acceptors (Lipinski definition) is 0. The molecule has 0 rings (SSSR count). The Hall–Kier alpha value is -0.880. The van der Waals surface area contributed by atoms with Crippen molar-refractivity contribution in [1.29, 1.82) is 0 Å². The highest BCUT2D eigenvalue weighted by Crippen LogP contribution is 1.88. The molecule has 0 heteroatoms. The van der Waals surface area contributed by atoms with E-state index in [-0.39, 0.29) is 0 Å². The first kappa shape index (κ1) is 12.8. The number of unbranched alkanes of at least 4 members (excludes halogenated alkanes) is 3. The molecule has 0 saturated carbocycles. The Balaban J connectivity index is 0. The lowest BCUT2D eigenvalue weighted by Gasteiger charge is -1.79. The molecular formula is C11H17. The fourth-order valence-electron chi connectivity index (χ4n) is 0.410. The van der Waals surface area contributed by atoms with Gasteiger partial charge in [0.15, 0.2) is 0 Å². The van der Waals surface area contributed by atoms with Gasteiger partial charge in [-0.15, -0.1) is 12.3 Å². The fraction of sp³-hybridized carbons (Fsp3) is 0.636. The molecule has 0 unspecified atom stereocenters. The van der Waals surface area contributed by atoms with E-state index in [9.17, 15) is 0 Å². The predicted molar refractivity (Wildman–Crippen MR) is 50.4 cm³/mol. The van der Waals surface area contributed by atoms with Crippen LogP contribution in [0.1, 0.15) is 46.0 Å². The van der Waals surface area contributed by atoms with Crippen molar-refractivity contribution in [3.05, 3.63) is 6.42 Å². The van der Waals surface area contributed by atoms with Gasteiger partial charge in [-0.1, -0.05) is 26.2 Å². The van der Waals surface area contributed by atoms with Crippen molar-refractivity contribution < 1.29 is 0 Å². The van der Waals surface area contributed by atoms with E-state index in [1.54, 1.807) is 0 Å². The second-order valence-electron chi connectivity index (χ2n) is 2.23. The summed E-state index contributed by atoms with van der Waals surface area (Å²) in [6.45, 7) is 4.18. The molecule has 0 aliphatic heterocycles. The maximum Gasteiger partial charge on any atom is 0.00988 e. The minimum absolute atomic E-state index is 0.830. The Morgan fingerprint density at radius 2 is 1.82 bits per heavy atom. The van der Waals surface area contributed by atoms with Gasteiger partial charge < -0.3 is 0 Å². The van der Waals surface area contributed by atoms with Crippen LogP contribution in [0.25, 0.3) is 0 Å². The molecule has 11 heavy (non-hydrogen) atoms. The zero-order chi connectivity index (χ0) is 8.95. The van der Waals surface area contributed by atoms with Gasteiger partial charge in [-0.05, 0) is 19.3 Å². The highest BCUT2D eigenvalue weighted by molar-refractivity contribution is 4.81. The summed E-state index contributed by atoms with van der Waals surface area (Å²) in [4.78, 5) is 0. The molecule has 0 heterocycles. The van der Waals surface area contributed by atoms with Crippen LogP contribution in [0.5, 0.6) is 0 Å². The molecule has 61 valence electrons. The summed E-state index contributed by atoms with van der Waals surface area (Å²) < 4.78 is 0. The molecule has 0 fully saturated rings. The number of terminal acetylenes is 1. The van der Waals surface area contributed by atoms with E-state index in [2.05, 4.69) is 25.7 Å². The van der Waals surface area contributed by atoms with E-state index in [4.69, 9.17) is 12.8 Å². The topological polar surface area (TPSA) is 0 Å².